The third-order valence-corrected chi connectivity index (χ3v) is 3.63. The third kappa shape index (κ3) is 5.23. The van der Waals surface area contributed by atoms with Gasteiger partial charge in [-0.15, -0.1) is 0 Å². The minimum absolute atomic E-state index is 0.481. The largest absolute Gasteiger partial charge is 0.493 e. The number of aryl methyl sites for hydroxylation is 1. The summed E-state index contributed by atoms with van der Waals surface area (Å²) in [6, 6.07) is 6.02. The first kappa shape index (κ1) is 16.0. The van der Waals surface area contributed by atoms with Crippen LogP contribution in [0.4, 0.5) is 0 Å². The summed E-state index contributed by atoms with van der Waals surface area (Å²) < 4.78 is 5.94. The predicted octanol–water partition coefficient (Wildman–Crippen LogP) is 4.64. The van der Waals surface area contributed by atoms with Gasteiger partial charge in [-0.05, 0) is 38.3 Å². The summed E-state index contributed by atoms with van der Waals surface area (Å²) in [6.45, 7) is 9.01. The van der Waals surface area contributed by atoms with Crippen LogP contribution in [0.25, 0.3) is 0 Å². The number of rotatable bonds is 8. The van der Waals surface area contributed by atoms with Crippen LogP contribution in [0.15, 0.2) is 18.2 Å². The van der Waals surface area contributed by atoms with Crippen LogP contribution in [0.3, 0.4) is 0 Å². The molecule has 0 aromatic heterocycles. The molecular formula is C17H28O2. The smallest absolute Gasteiger partial charge is 0.125 e. The van der Waals surface area contributed by atoms with Crippen molar-refractivity contribution >= 4 is 0 Å². The Morgan fingerprint density at radius 1 is 1.26 bits per heavy atom. The summed E-state index contributed by atoms with van der Waals surface area (Å²) >= 11 is 0. The molecule has 0 radical (unpaired) electrons. The normalized spacial score (nSPS) is 14.2. The van der Waals surface area contributed by atoms with E-state index in [-0.39, 0.29) is 0 Å². The molecule has 0 bridgehead atoms. The molecule has 0 amide bonds. The Labute approximate surface area is 117 Å². The van der Waals surface area contributed by atoms with Crippen LogP contribution in [0.2, 0.25) is 0 Å². The lowest BCUT2D eigenvalue weighted by molar-refractivity contribution is 0.183. The zero-order valence-corrected chi connectivity index (χ0v) is 12.8. The summed E-state index contributed by atoms with van der Waals surface area (Å²) in [4.78, 5) is 0. The van der Waals surface area contributed by atoms with E-state index in [1.54, 1.807) is 6.92 Å². The number of ether oxygens (including phenoxy) is 1. The highest BCUT2D eigenvalue weighted by molar-refractivity contribution is 5.38. The molecule has 2 unspecified atom stereocenters. The van der Waals surface area contributed by atoms with Gasteiger partial charge in [0.2, 0.25) is 0 Å². The first-order chi connectivity index (χ1) is 9.08. The van der Waals surface area contributed by atoms with Crippen LogP contribution in [-0.4, -0.2) is 11.7 Å². The van der Waals surface area contributed by atoms with Crippen molar-refractivity contribution in [2.75, 3.05) is 6.61 Å². The average molecular weight is 264 g/mol. The van der Waals surface area contributed by atoms with E-state index in [0.29, 0.717) is 5.92 Å². The van der Waals surface area contributed by atoms with Gasteiger partial charge in [0.15, 0.2) is 0 Å². The monoisotopic (exact) mass is 264 g/mol. The molecule has 0 heterocycles. The van der Waals surface area contributed by atoms with Gasteiger partial charge in [0, 0.05) is 5.56 Å². The zero-order chi connectivity index (χ0) is 14.3. The quantitative estimate of drug-likeness (QED) is 0.741. The van der Waals surface area contributed by atoms with Gasteiger partial charge in [0.25, 0.3) is 0 Å². The highest BCUT2D eigenvalue weighted by Crippen LogP contribution is 2.27. The SMILES string of the molecule is CCCCC(CC)COc1ccc(C)cc1C(C)O. The van der Waals surface area contributed by atoms with E-state index in [1.165, 1.54) is 19.3 Å². The zero-order valence-electron chi connectivity index (χ0n) is 12.8. The van der Waals surface area contributed by atoms with Crippen molar-refractivity contribution in [2.24, 2.45) is 5.92 Å². The van der Waals surface area contributed by atoms with Crippen LogP contribution in [0, 0.1) is 12.8 Å². The Kier molecular flexibility index (Phi) is 6.93. The number of unbranched alkanes of at least 4 members (excludes halogenated alkanes) is 1. The van der Waals surface area contributed by atoms with Gasteiger partial charge in [-0.25, -0.2) is 0 Å². The van der Waals surface area contributed by atoms with Crippen molar-refractivity contribution in [1.29, 1.82) is 0 Å². The first-order valence-electron chi connectivity index (χ1n) is 7.49. The van der Waals surface area contributed by atoms with Crippen molar-refractivity contribution in [2.45, 2.75) is 59.5 Å². The van der Waals surface area contributed by atoms with Gasteiger partial charge in [0.05, 0.1) is 12.7 Å². The van der Waals surface area contributed by atoms with Crippen LogP contribution in [0.1, 0.15) is 63.7 Å². The van der Waals surface area contributed by atoms with Crippen molar-refractivity contribution in [3.05, 3.63) is 29.3 Å². The Bertz CT molecular complexity index is 372. The molecule has 0 spiro atoms. The average Bonchev–Trinajstić information content (AvgIpc) is 2.40. The van der Waals surface area contributed by atoms with Gasteiger partial charge in [-0.3, -0.25) is 0 Å². The minimum atomic E-state index is -0.481. The summed E-state index contributed by atoms with van der Waals surface area (Å²) in [5, 5.41) is 9.81. The Balaban J connectivity index is 2.65. The minimum Gasteiger partial charge on any atom is -0.493 e. The first-order valence-corrected chi connectivity index (χ1v) is 7.49. The topological polar surface area (TPSA) is 29.5 Å². The Hall–Kier alpha value is -1.02. The molecule has 1 aromatic rings. The van der Waals surface area contributed by atoms with Crippen LogP contribution < -0.4 is 4.74 Å². The molecule has 19 heavy (non-hydrogen) atoms. The molecule has 0 aliphatic carbocycles. The van der Waals surface area contributed by atoms with Crippen molar-refractivity contribution < 1.29 is 9.84 Å². The number of benzene rings is 1. The molecule has 0 saturated carbocycles. The summed E-state index contributed by atoms with van der Waals surface area (Å²) in [5.41, 5.74) is 2.05. The van der Waals surface area contributed by atoms with Gasteiger partial charge in [-0.1, -0.05) is 44.7 Å². The molecule has 2 heteroatoms. The lowest BCUT2D eigenvalue weighted by atomic mass is 10.0. The lowest BCUT2D eigenvalue weighted by Crippen LogP contribution is -2.12. The molecule has 0 aliphatic heterocycles. The highest BCUT2D eigenvalue weighted by atomic mass is 16.5. The van der Waals surface area contributed by atoms with Gasteiger partial charge < -0.3 is 9.84 Å². The molecule has 108 valence electrons. The molecule has 0 aliphatic rings. The van der Waals surface area contributed by atoms with Gasteiger partial charge >= 0.3 is 0 Å². The van der Waals surface area contributed by atoms with E-state index in [9.17, 15) is 5.11 Å². The van der Waals surface area contributed by atoms with E-state index < -0.39 is 6.10 Å². The predicted molar refractivity (Wildman–Crippen MR) is 80.6 cm³/mol. The second kappa shape index (κ2) is 8.21. The standard InChI is InChI=1S/C17H28O2/c1-5-7-8-15(6-2)12-19-17-10-9-13(3)11-16(17)14(4)18/h9-11,14-15,18H,5-8,12H2,1-4H3. The number of aliphatic hydroxyl groups excluding tert-OH is 1. The maximum Gasteiger partial charge on any atom is 0.125 e. The lowest BCUT2D eigenvalue weighted by Gasteiger charge is -2.19. The van der Waals surface area contributed by atoms with E-state index in [2.05, 4.69) is 13.8 Å². The van der Waals surface area contributed by atoms with E-state index >= 15 is 0 Å². The van der Waals surface area contributed by atoms with Crippen LogP contribution >= 0.6 is 0 Å². The van der Waals surface area contributed by atoms with Gasteiger partial charge in [-0.2, -0.15) is 0 Å². The third-order valence-electron chi connectivity index (χ3n) is 3.63. The van der Waals surface area contributed by atoms with Crippen molar-refractivity contribution in [1.82, 2.24) is 0 Å². The molecule has 1 rings (SSSR count). The molecule has 2 nitrogen and oxygen atoms in total. The van der Waals surface area contributed by atoms with Crippen molar-refractivity contribution in [3.63, 3.8) is 0 Å². The van der Waals surface area contributed by atoms with E-state index in [4.69, 9.17) is 4.74 Å². The fourth-order valence-corrected chi connectivity index (χ4v) is 2.23. The highest BCUT2D eigenvalue weighted by Gasteiger charge is 2.12. The fourth-order valence-electron chi connectivity index (χ4n) is 2.23. The Morgan fingerprint density at radius 3 is 2.58 bits per heavy atom. The maximum atomic E-state index is 9.81. The van der Waals surface area contributed by atoms with Crippen molar-refractivity contribution in [3.8, 4) is 5.75 Å². The molecule has 1 aromatic carbocycles. The second-order valence-corrected chi connectivity index (χ2v) is 5.44. The van der Waals surface area contributed by atoms with E-state index in [1.807, 2.05) is 25.1 Å². The molecule has 0 saturated heterocycles. The number of hydrogen-bond acceptors (Lipinski definition) is 2. The molecular weight excluding hydrogens is 236 g/mol. The van der Waals surface area contributed by atoms with Gasteiger partial charge in [0.1, 0.15) is 5.75 Å². The Morgan fingerprint density at radius 2 is 2.00 bits per heavy atom. The molecule has 2 atom stereocenters. The maximum absolute atomic E-state index is 9.81. The number of aliphatic hydroxyl groups is 1. The number of hydrogen-bond donors (Lipinski definition) is 1. The van der Waals surface area contributed by atoms with Crippen LogP contribution in [-0.2, 0) is 0 Å². The van der Waals surface area contributed by atoms with Crippen LogP contribution in [0.5, 0.6) is 5.75 Å². The summed E-state index contributed by atoms with van der Waals surface area (Å²) in [7, 11) is 0. The second-order valence-electron chi connectivity index (χ2n) is 5.44. The molecule has 1 N–H and O–H groups in total. The summed E-state index contributed by atoms with van der Waals surface area (Å²) in [6.07, 6.45) is 4.39. The summed E-state index contributed by atoms with van der Waals surface area (Å²) in [5.74, 6) is 1.44. The molecule has 0 fully saturated rings. The van der Waals surface area contributed by atoms with E-state index in [0.717, 1.165) is 29.9 Å². The fraction of sp³-hybridized carbons (Fsp3) is 0.647.